The SMILES string of the molecule is CNCCC(=O)NCC1(c2cc(Cl)ccc2OC)CCOCC1. The molecule has 1 aromatic rings. The van der Waals surface area contributed by atoms with Crippen molar-refractivity contribution in [3.8, 4) is 5.75 Å². The fourth-order valence-corrected chi connectivity index (χ4v) is 3.16. The smallest absolute Gasteiger partial charge is 0.221 e. The molecule has 1 fully saturated rings. The zero-order chi connectivity index (χ0) is 16.7. The van der Waals surface area contributed by atoms with E-state index < -0.39 is 0 Å². The average Bonchev–Trinajstić information content (AvgIpc) is 2.59. The predicted molar refractivity (Wildman–Crippen MR) is 91.3 cm³/mol. The molecule has 23 heavy (non-hydrogen) atoms. The molecule has 1 saturated heterocycles. The summed E-state index contributed by atoms with van der Waals surface area (Å²) >= 11 is 6.20. The summed E-state index contributed by atoms with van der Waals surface area (Å²) in [4.78, 5) is 12.0. The van der Waals surface area contributed by atoms with E-state index in [9.17, 15) is 4.79 Å². The van der Waals surface area contributed by atoms with Crippen molar-refractivity contribution in [2.45, 2.75) is 24.7 Å². The molecule has 1 amide bonds. The molecule has 2 rings (SSSR count). The van der Waals surface area contributed by atoms with Gasteiger partial charge in [0.25, 0.3) is 0 Å². The Balaban J connectivity index is 2.22. The normalized spacial score (nSPS) is 16.8. The summed E-state index contributed by atoms with van der Waals surface area (Å²) in [5, 5.41) is 6.72. The number of nitrogens with one attached hydrogen (secondary N) is 2. The van der Waals surface area contributed by atoms with Gasteiger partial charge in [-0.3, -0.25) is 4.79 Å². The standard InChI is InChI=1S/C17H25ClN2O3/c1-19-8-5-16(21)20-12-17(6-9-23-10-7-17)14-11-13(18)3-4-15(14)22-2/h3-4,11,19H,5-10,12H2,1-2H3,(H,20,21). The second-order valence-corrected chi connectivity index (χ2v) is 6.30. The van der Waals surface area contributed by atoms with Crippen LogP contribution in [0.15, 0.2) is 18.2 Å². The van der Waals surface area contributed by atoms with Gasteiger partial charge in [0.1, 0.15) is 5.75 Å². The number of benzene rings is 1. The van der Waals surface area contributed by atoms with Crippen molar-refractivity contribution in [3.63, 3.8) is 0 Å². The molecule has 1 aliphatic heterocycles. The molecule has 0 radical (unpaired) electrons. The Morgan fingerprint density at radius 3 is 2.78 bits per heavy atom. The summed E-state index contributed by atoms with van der Waals surface area (Å²) in [5.41, 5.74) is 0.841. The highest BCUT2D eigenvalue weighted by Crippen LogP contribution is 2.40. The van der Waals surface area contributed by atoms with Crippen LogP contribution in [0.3, 0.4) is 0 Å². The van der Waals surface area contributed by atoms with E-state index >= 15 is 0 Å². The molecular weight excluding hydrogens is 316 g/mol. The van der Waals surface area contributed by atoms with Crippen molar-refractivity contribution in [2.24, 2.45) is 0 Å². The molecule has 2 N–H and O–H groups in total. The van der Waals surface area contributed by atoms with Crippen LogP contribution in [-0.4, -0.2) is 46.4 Å². The van der Waals surface area contributed by atoms with Crippen molar-refractivity contribution in [1.82, 2.24) is 10.6 Å². The summed E-state index contributed by atoms with van der Waals surface area (Å²) in [7, 11) is 3.50. The fourth-order valence-electron chi connectivity index (χ4n) is 2.99. The zero-order valence-corrected chi connectivity index (χ0v) is 14.5. The van der Waals surface area contributed by atoms with Crippen molar-refractivity contribution in [2.75, 3.05) is 40.5 Å². The fraction of sp³-hybridized carbons (Fsp3) is 0.588. The molecule has 0 aromatic heterocycles. The van der Waals surface area contributed by atoms with Crippen LogP contribution in [0.1, 0.15) is 24.8 Å². The topological polar surface area (TPSA) is 59.6 Å². The molecular formula is C17H25ClN2O3. The Morgan fingerprint density at radius 1 is 1.39 bits per heavy atom. The van der Waals surface area contributed by atoms with Gasteiger partial charge in [0.2, 0.25) is 5.91 Å². The lowest BCUT2D eigenvalue weighted by molar-refractivity contribution is -0.121. The van der Waals surface area contributed by atoms with Crippen molar-refractivity contribution >= 4 is 17.5 Å². The number of hydrogen-bond acceptors (Lipinski definition) is 4. The number of halogens is 1. The van der Waals surface area contributed by atoms with E-state index in [1.54, 1.807) is 7.11 Å². The maximum Gasteiger partial charge on any atom is 0.221 e. The molecule has 0 spiro atoms. The van der Waals surface area contributed by atoms with E-state index in [0.29, 0.717) is 37.7 Å². The third-order valence-electron chi connectivity index (χ3n) is 4.41. The first-order valence-corrected chi connectivity index (χ1v) is 8.32. The number of hydrogen-bond donors (Lipinski definition) is 2. The number of carbonyl (C=O) groups excluding carboxylic acids is 1. The maximum atomic E-state index is 12.0. The summed E-state index contributed by atoms with van der Waals surface area (Å²) in [6.07, 6.45) is 2.13. The van der Waals surface area contributed by atoms with Crippen LogP contribution >= 0.6 is 11.6 Å². The highest BCUT2D eigenvalue weighted by Gasteiger charge is 2.37. The second-order valence-electron chi connectivity index (χ2n) is 5.87. The molecule has 6 heteroatoms. The van der Waals surface area contributed by atoms with E-state index in [-0.39, 0.29) is 11.3 Å². The van der Waals surface area contributed by atoms with E-state index in [2.05, 4.69) is 10.6 Å². The quantitative estimate of drug-likeness (QED) is 0.798. The molecule has 0 bridgehead atoms. The van der Waals surface area contributed by atoms with Gasteiger partial charge in [0.05, 0.1) is 7.11 Å². The van der Waals surface area contributed by atoms with Crippen LogP contribution in [0.5, 0.6) is 5.75 Å². The van der Waals surface area contributed by atoms with Gasteiger partial charge >= 0.3 is 0 Å². The highest BCUT2D eigenvalue weighted by atomic mass is 35.5. The minimum absolute atomic E-state index is 0.0474. The number of carbonyl (C=O) groups is 1. The molecule has 0 saturated carbocycles. The third-order valence-corrected chi connectivity index (χ3v) is 4.64. The number of methoxy groups -OCH3 is 1. The number of amides is 1. The lowest BCUT2D eigenvalue weighted by Gasteiger charge is -2.38. The van der Waals surface area contributed by atoms with E-state index in [0.717, 1.165) is 24.2 Å². The van der Waals surface area contributed by atoms with Gasteiger partial charge in [-0.2, -0.15) is 0 Å². The first kappa shape index (κ1) is 18.0. The average molecular weight is 341 g/mol. The van der Waals surface area contributed by atoms with Gasteiger partial charge in [-0.05, 0) is 38.1 Å². The van der Waals surface area contributed by atoms with Gasteiger partial charge < -0.3 is 20.1 Å². The Hall–Kier alpha value is -1.30. The molecule has 1 aromatic carbocycles. The van der Waals surface area contributed by atoms with Gasteiger partial charge in [0.15, 0.2) is 0 Å². The second kappa shape index (κ2) is 8.52. The van der Waals surface area contributed by atoms with Gasteiger partial charge in [0, 0.05) is 48.7 Å². The van der Waals surface area contributed by atoms with E-state index in [1.165, 1.54) is 0 Å². The lowest BCUT2D eigenvalue weighted by Crippen LogP contribution is -2.45. The van der Waals surface area contributed by atoms with E-state index in [4.69, 9.17) is 21.1 Å². The van der Waals surface area contributed by atoms with Gasteiger partial charge in [-0.1, -0.05) is 11.6 Å². The Kier molecular flexibility index (Phi) is 6.69. The summed E-state index contributed by atoms with van der Waals surface area (Å²) in [5.74, 6) is 0.854. The van der Waals surface area contributed by atoms with Crippen molar-refractivity contribution in [1.29, 1.82) is 0 Å². The number of ether oxygens (including phenoxy) is 2. The number of rotatable bonds is 7. The molecule has 0 unspecified atom stereocenters. The van der Waals surface area contributed by atoms with Crippen molar-refractivity contribution in [3.05, 3.63) is 28.8 Å². The van der Waals surface area contributed by atoms with Gasteiger partial charge in [-0.15, -0.1) is 0 Å². The van der Waals surface area contributed by atoms with Crippen LogP contribution < -0.4 is 15.4 Å². The largest absolute Gasteiger partial charge is 0.496 e. The van der Waals surface area contributed by atoms with Crippen LogP contribution in [0.4, 0.5) is 0 Å². The highest BCUT2D eigenvalue weighted by molar-refractivity contribution is 6.30. The Bertz CT molecular complexity index is 531. The molecule has 0 aliphatic carbocycles. The third kappa shape index (κ3) is 4.59. The minimum atomic E-state index is -0.205. The van der Waals surface area contributed by atoms with Crippen molar-refractivity contribution < 1.29 is 14.3 Å². The summed E-state index contributed by atoms with van der Waals surface area (Å²) in [6, 6.07) is 5.66. The van der Waals surface area contributed by atoms with Crippen LogP contribution in [0.2, 0.25) is 5.02 Å². The Morgan fingerprint density at radius 2 is 2.13 bits per heavy atom. The van der Waals surface area contributed by atoms with Crippen LogP contribution in [0.25, 0.3) is 0 Å². The molecule has 5 nitrogen and oxygen atoms in total. The first-order chi connectivity index (χ1) is 11.1. The minimum Gasteiger partial charge on any atom is -0.496 e. The molecule has 128 valence electrons. The summed E-state index contributed by atoms with van der Waals surface area (Å²) in [6.45, 7) is 2.57. The van der Waals surface area contributed by atoms with Gasteiger partial charge in [-0.25, -0.2) is 0 Å². The molecule has 0 atom stereocenters. The lowest BCUT2D eigenvalue weighted by atomic mass is 9.73. The summed E-state index contributed by atoms with van der Waals surface area (Å²) < 4.78 is 11.1. The van der Waals surface area contributed by atoms with E-state index in [1.807, 2.05) is 25.2 Å². The van der Waals surface area contributed by atoms with Crippen LogP contribution in [-0.2, 0) is 14.9 Å². The molecule has 1 heterocycles. The maximum absolute atomic E-state index is 12.0. The predicted octanol–water partition coefficient (Wildman–Crippen LogP) is 2.12. The zero-order valence-electron chi connectivity index (χ0n) is 13.8. The molecule has 1 aliphatic rings. The first-order valence-electron chi connectivity index (χ1n) is 7.94. The Labute approximate surface area is 142 Å². The van der Waals surface area contributed by atoms with Crippen LogP contribution in [0, 0.1) is 0 Å². The monoisotopic (exact) mass is 340 g/mol.